The molecule has 1 spiro atoms. The van der Waals surface area contributed by atoms with Crippen LogP contribution in [0.15, 0.2) is 78.9 Å². The van der Waals surface area contributed by atoms with Crippen molar-refractivity contribution < 1.29 is 23.5 Å². The van der Waals surface area contributed by atoms with Gasteiger partial charge in [0.25, 0.3) is 11.8 Å². The highest BCUT2D eigenvalue weighted by Gasteiger charge is 2.54. The molecule has 0 saturated carbocycles. The predicted octanol–water partition coefficient (Wildman–Crippen LogP) is 4.16. The van der Waals surface area contributed by atoms with Crippen LogP contribution in [0.5, 0.6) is 5.75 Å². The zero-order valence-electron chi connectivity index (χ0n) is 21.2. The van der Waals surface area contributed by atoms with E-state index in [1.54, 1.807) is 29.2 Å². The quantitative estimate of drug-likeness (QED) is 0.478. The lowest BCUT2D eigenvalue weighted by atomic mass is 9.85. The molecule has 2 fully saturated rings. The molecule has 0 aromatic heterocycles. The lowest BCUT2D eigenvalue weighted by Crippen LogP contribution is -2.57. The standard InChI is InChI=1S/C29H28ClFN4O4/c30-21-6-12-25(13-7-21)39-19-27(37)33-16-14-29(15-17-33)28(38)34(20-35(29)24-4-2-1-3-5-24)18-26(36)32-23-10-8-22(31)9-11-23/h1-13H,14-20H2,(H,32,36). The van der Waals surface area contributed by atoms with Gasteiger partial charge in [-0.3, -0.25) is 14.4 Å². The second kappa shape index (κ2) is 11.3. The summed E-state index contributed by atoms with van der Waals surface area (Å²) >= 11 is 5.90. The van der Waals surface area contributed by atoms with E-state index in [2.05, 4.69) is 5.32 Å². The van der Waals surface area contributed by atoms with Crippen LogP contribution in [0.25, 0.3) is 0 Å². The van der Waals surface area contributed by atoms with E-state index in [1.165, 1.54) is 29.2 Å². The van der Waals surface area contributed by atoms with E-state index in [4.69, 9.17) is 16.3 Å². The number of likely N-dealkylation sites (tertiary alicyclic amines) is 1. The average Bonchev–Trinajstić information content (AvgIpc) is 3.20. The molecule has 0 bridgehead atoms. The lowest BCUT2D eigenvalue weighted by Gasteiger charge is -2.43. The summed E-state index contributed by atoms with van der Waals surface area (Å²) in [6.07, 6.45) is 0.840. The number of para-hydroxylation sites is 1. The summed E-state index contributed by atoms with van der Waals surface area (Å²) in [6, 6.07) is 21.9. The Balaban J connectivity index is 1.26. The van der Waals surface area contributed by atoms with Crippen molar-refractivity contribution in [2.45, 2.75) is 18.4 Å². The van der Waals surface area contributed by atoms with Gasteiger partial charge in [0.2, 0.25) is 5.91 Å². The first-order chi connectivity index (χ1) is 18.8. The molecule has 3 amide bonds. The smallest absolute Gasteiger partial charge is 0.260 e. The number of carbonyl (C=O) groups excluding carboxylic acids is 3. The van der Waals surface area contributed by atoms with Crippen LogP contribution in [0.4, 0.5) is 15.8 Å². The number of amides is 3. The molecule has 2 aliphatic rings. The molecule has 39 heavy (non-hydrogen) atoms. The van der Waals surface area contributed by atoms with E-state index < -0.39 is 11.4 Å². The maximum atomic E-state index is 13.8. The van der Waals surface area contributed by atoms with E-state index in [-0.39, 0.29) is 37.5 Å². The lowest BCUT2D eigenvalue weighted by molar-refractivity contribution is -0.140. The molecule has 2 aliphatic heterocycles. The molecule has 0 atom stereocenters. The average molecular weight is 551 g/mol. The minimum atomic E-state index is -0.870. The summed E-state index contributed by atoms with van der Waals surface area (Å²) in [4.78, 5) is 44.7. The van der Waals surface area contributed by atoms with E-state index in [9.17, 15) is 18.8 Å². The number of anilines is 2. The SMILES string of the molecule is O=C(CN1CN(c2ccccc2)C2(CCN(C(=O)COc3ccc(Cl)cc3)CC2)C1=O)Nc1ccc(F)cc1. The summed E-state index contributed by atoms with van der Waals surface area (Å²) in [7, 11) is 0. The highest BCUT2D eigenvalue weighted by atomic mass is 35.5. The van der Waals surface area contributed by atoms with E-state index in [1.807, 2.05) is 35.2 Å². The van der Waals surface area contributed by atoms with Gasteiger partial charge in [-0.25, -0.2) is 4.39 Å². The monoisotopic (exact) mass is 550 g/mol. The molecule has 0 unspecified atom stereocenters. The van der Waals surface area contributed by atoms with Crippen molar-refractivity contribution >= 4 is 40.7 Å². The van der Waals surface area contributed by atoms with Gasteiger partial charge in [-0.15, -0.1) is 0 Å². The molecule has 3 aromatic rings. The van der Waals surface area contributed by atoms with E-state index in [0.29, 0.717) is 42.4 Å². The third kappa shape index (κ3) is 5.83. The summed E-state index contributed by atoms with van der Waals surface area (Å²) in [6.45, 7) is 0.758. The molecule has 10 heteroatoms. The summed E-state index contributed by atoms with van der Waals surface area (Å²) < 4.78 is 18.8. The van der Waals surface area contributed by atoms with Crippen LogP contribution in [0.2, 0.25) is 5.02 Å². The Morgan fingerprint density at radius 3 is 2.28 bits per heavy atom. The molecule has 5 rings (SSSR count). The third-order valence-corrected chi connectivity index (χ3v) is 7.42. The fourth-order valence-electron chi connectivity index (χ4n) is 5.12. The normalized spacial score (nSPS) is 16.5. The minimum Gasteiger partial charge on any atom is -0.484 e. The second-order valence-corrected chi connectivity index (χ2v) is 10.1. The molecular weight excluding hydrogens is 523 g/mol. The van der Waals surface area contributed by atoms with Gasteiger partial charge in [0.05, 0.1) is 6.67 Å². The van der Waals surface area contributed by atoms with Crippen molar-refractivity contribution in [3.8, 4) is 5.75 Å². The Morgan fingerprint density at radius 1 is 0.949 bits per heavy atom. The molecule has 0 radical (unpaired) electrons. The van der Waals surface area contributed by atoms with Gasteiger partial charge in [-0.05, 0) is 73.5 Å². The second-order valence-electron chi connectivity index (χ2n) is 9.62. The third-order valence-electron chi connectivity index (χ3n) is 7.16. The Morgan fingerprint density at radius 2 is 1.62 bits per heavy atom. The molecule has 8 nitrogen and oxygen atoms in total. The van der Waals surface area contributed by atoms with Crippen LogP contribution < -0.4 is 15.0 Å². The van der Waals surface area contributed by atoms with Crippen molar-refractivity contribution in [3.05, 3.63) is 89.7 Å². The van der Waals surface area contributed by atoms with Crippen LogP contribution >= 0.6 is 11.6 Å². The van der Waals surface area contributed by atoms with Crippen LogP contribution in [0.3, 0.4) is 0 Å². The number of ether oxygens (including phenoxy) is 1. The van der Waals surface area contributed by atoms with Crippen molar-refractivity contribution in [1.82, 2.24) is 9.80 Å². The zero-order valence-corrected chi connectivity index (χ0v) is 21.9. The van der Waals surface area contributed by atoms with Gasteiger partial charge in [0, 0.05) is 29.5 Å². The number of hydrogen-bond donors (Lipinski definition) is 1. The topological polar surface area (TPSA) is 82.2 Å². The molecule has 3 aromatic carbocycles. The first kappa shape index (κ1) is 26.5. The van der Waals surface area contributed by atoms with Crippen molar-refractivity contribution in [1.29, 1.82) is 0 Å². The number of nitrogens with zero attached hydrogens (tertiary/aromatic N) is 3. The Labute approximate surface area is 230 Å². The minimum absolute atomic E-state index is 0.110. The van der Waals surface area contributed by atoms with E-state index in [0.717, 1.165) is 5.69 Å². The van der Waals surface area contributed by atoms with Gasteiger partial charge >= 0.3 is 0 Å². The van der Waals surface area contributed by atoms with Crippen molar-refractivity contribution in [2.75, 3.05) is 43.1 Å². The maximum absolute atomic E-state index is 13.8. The Kier molecular flexibility index (Phi) is 7.70. The highest BCUT2D eigenvalue weighted by Crippen LogP contribution is 2.39. The summed E-state index contributed by atoms with van der Waals surface area (Å²) in [5.74, 6) is -0.523. The summed E-state index contributed by atoms with van der Waals surface area (Å²) in [5.41, 5.74) is 0.458. The number of hydrogen-bond acceptors (Lipinski definition) is 5. The fraction of sp³-hybridized carbons (Fsp3) is 0.276. The van der Waals surface area contributed by atoms with Crippen molar-refractivity contribution in [3.63, 3.8) is 0 Å². The molecule has 2 saturated heterocycles. The Hall–Kier alpha value is -4.11. The number of carbonyl (C=O) groups is 3. The molecule has 2 heterocycles. The van der Waals surface area contributed by atoms with Gasteiger partial charge in [0.1, 0.15) is 23.7 Å². The molecule has 202 valence electrons. The first-order valence-electron chi connectivity index (χ1n) is 12.7. The maximum Gasteiger partial charge on any atom is 0.260 e. The number of benzene rings is 3. The van der Waals surface area contributed by atoms with E-state index >= 15 is 0 Å². The largest absolute Gasteiger partial charge is 0.484 e. The first-order valence-corrected chi connectivity index (χ1v) is 13.1. The van der Waals surface area contributed by atoms with Gasteiger partial charge < -0.3 is 24.8 Å². The predicted molar refractivity (Wildman–Crippen MR) is 146 cm³/mol. The number of piperidine rings is 1. The number of nitrogens with one attached hydrogen (secondary N) is 1. The number of halogens is 2. The van der Waals surface area contributed by atoms with Gasteiger partial charge in [-0.1, -0.05) is 29.8 Å². The fourth-order valence-corrected chi connectivity index (χ4v) is 5.25. The van der Waals surface area contributed by atoms with Gasteiger partial charge in [-0.2, -0.15) is 0 Å². The Bertz CT molecular complexity index is 1330. The van der Waals surface area contributed by atoms with Crippen LogP contribution in [-0.4, -0.2) is 66.0 Å². The highest BCUT2D eigenvalue weighted by molar-refractivity contribution is 6.30. The molecular formula is C29H28ClFN4O4. The zero-order chi connectivity index (χ0) is 27.4. The molecule has 1 N–H and O–H groups in total. The molecule has 0 aliphatic carbocycles. The number of rotatable bonds is 7. The van der Waals surface area contributed by atoms with Crippen LogP contribution in [0, 0.1) is 5.82 Å². The van der Waals surface area contributed by atoms with Gasteiger partial charge in [0.15, 0.2) is 6.61 Å². The van der Waals surface area contributed by atoms with Crippen LogP contribution in [0.1, 0.15) is 12.8 Å². The van der Waals surface area contributed by atoms with Crippen molar-refractivity contribution in [2.24, 2.45) is 0 Å². The van der Waals surface area contributed by atoms with Crippen LogP contribution in [-0.2, 0) is 14.4 Å². The summed E-state index contributed by atoms with van der Waals surface area (Å²) in [5, 5.41) is 3.31.